The van der Waals surface area contributed by atoms with E-state index in [0.29, 0.717) is 23.5 Å². The van der Waals surface area contributed by atoms with Crippen molar-refractivity contribution in [2.24, 2.45) is 0 Å². The Morgan fingerprint density at radius 2 is 2.07 bits per heavy atom. The van der Waals surface area contributed by atoms with Gasteiger partial charge in [0.25, 0.3) is 0 Å². The summed E-state index contributed by atoms with van der Waals surface area (Å²) < 4.78 is 14.5. The van der Waals surface area contributed by atoms with Crippen molar-refractivity contribution in [2.75, 3.05) is 39.3 Å². The third-order valence-electron chi connectivity index (χ3n) is 5.59. The maximum absolute atomic E-state index is 9.32. The lowest BCUT2D eigenvalue weighted by molar-refractivity contribution is -0.177. The van der Waals surface area contributed by atoms with E-state index in [2.05, 4.69) is 45.4 Å². The van der Waals surface area contributed by atoms with Gasteiger partial charge >= 0.3 is 0 Å². The number of aromatic nitrogens is 1. The Balaban J connectivity index is 1.36. The fourth-order valence-electron chi connectivity index (χ4n) is 4.19. The van der Waals surface area contributed by atoms with Gasteiger partial charge in [-0.25, -0.2) is 0 Å². The molecule has 0 saturated carbocycles. The Hall–Kier alpha value is -2.84. The molecule has 2 aliphatic rings. The lowest BCUT2D eigenvalue weighted by atomic mass is 9.93. The van der Waals surface area contributed by atoms with Gasteiger partial charge in [-0.3, -0.25) is 4.90 Å². The van der Waals surface area contributed by atoms with Gasteiger partial charge in [-0.2, -0.15) is 10.5 Å². The Labute approximate surface area is 171 Å². The van der Waals surface area contributed by atoms with Crippen LogP contribution in [0.5, 0.6) is 5.75 Å². The second-order valence-corrected chi connectivity index (χ2v) is 7.74. The summed E-state index contributed by atoms with van der Waals surface area (Å²) in [5.41, 5.74) is 0.567. The molecule has 2 fully saturated rings. The highest BCUT2D eigenvalue weighted by Crippen LogP contribution is 2.28. The van der Waals surface area contributed by atoms with E-state index in [1.54, 1.807) is 18.2 Å². The SMILES string of the molecule is N#Cc1ccc(OCCC23CNCC(CN(CCn4cccc4)C2)O3)c(C#N)c1. The predicted octanol–water partition coefficient (Wildman–Crippen LogP) is 1.74. The molecular formula is C22H25N5O2. The lowest BCUT2D eigenvalue weighted by Crippen LogP contribution is -2.66. The van der Waals surface area contributed by atoms with Gasteiger partial charge in [0.1, 0.15) is 11.8 Å². The maximum Gasteiger partial charge on any atom is 0.137 e. The number of morpholine rings is 2. The first-order valence-electron chi connectivity index (χ1n) is 9.98. The number of ether oxygens (including phenoxy) is 2. The number of hydrogen-bond donors (Lipinski definition) is 1. The molecule has 1 aromatic heterocycles. The van der Waals surface area contributed by atoms with E-state index in [9.17, 15) is 5.26 Å². The van der Waals surface area contributed by atoms with E-state index in [1.807, 2.05) is 6.07 Å². The molecule has 4 rings (SSSR count). The minimum Gasteiger partial charge on any atom is -0.492 e. The topological polar surface area (TPSA) is 86.2 Å². The average Bonchev–Trinajstić information content (AvgIpc) is 3.26. The number of nitrogens with zero attached hydrogens (tertiary/aromatic N) is 4. The smallest absolute Gasteiger partial charge is 0.137 e. The molecule has 1 aromatic carbocycles. The van der Waals surface area contributed by atoms with E-state index in [-0.39, 0.29) is 11.7 Å². The van der Waals surface area contributed by atoms with Crippen LogP contribution >= 0.6 is 0 Å². The summed E-state index contributed by atoms with van der Waals surface area (Å²) in [6.45, 7) is 5.88. The van der Waals surface area contributed by atoms with Crippen molar-refractivity contribution < 1.29 is 9.47 Å². The van der Waals surface area contributed by atoms with E-state index in [1.165, 1.54) is 0 Å². The van der Waals surface area contributed by atoms with E-state index < -0.39 is 0 Å². The quantitative estimate of drug-likeness (QED) is 0.774. The molecule has 2 unspecified atom stereocenters. The van der Waals surface area contributed by atoms with Crippen molar-refractivity contribution in [3.8, 4) is 17.9 Å². The zero-order valence-corrected chi connectivity index (χ0v) is 16.4. The molecule has 1 N–H and O–H groups in total. The Bertz CT molecular complexity index is 914. The second kappa shape index (κ2) is 8.67. The van der Waals surface area contributed by atoms with E-state index >= 15 is 0 Å². The molecule has 7 heteroatoms. The molecule has 2 aliphatic heterocycles. The third-order valence-corrected chi connectivity index (χ3v) is 5.59. The first-order valence-corrected chi connectivity index (χ1v) is 9.98. The minimum atomic E-state index is -0.281. The van der Waals surface area contributed by atoms with Crippen molar-refractivity contribution in [1.82, 2.24) is 14.8 Å². The Kier molecular flexibility index (Phi) is 5.82. The summed E-state index contributed by atoms with van der Waals surface area (Å²) in [4.78, 5) is 2.48. The molecule has 3 heterocycles. The van der Waals surface area contributed by atoms with Crippen LogP contribution in [0.15, 0.2) is 42.7 Å². The zero-order valence-electron chi connectivity index (χ0n) is 16.4. The standard InChI is InChI=1S/C22H25N5O2/c23-12-18-3-4-21(19(11-18)13-24)28-10-5-22-16-25-14-20(29-22)15-27(17-22)9-8-26-6-1-2-7-26/h1-4,6-7,11,20,25H,5,8-10,14-17H2. The number of hydrogen-bond acceptors (Lipinski definition) is 6. The van der Waals surface area contributed by atoms with Gasteiger partial charge in [-0.15, -0.1) is 0 Å². The molecule has 0 spiro atoms. The van der Waals surface area contributed by atoms with Gasteiger partial charge in [0.2, 0.25) is 0 Å². The molecule has 29 heavy (non-hydrogen) atoms. The third kappa shape index (κ3) is 4.60. The normalized spacial score (nSPS) is 23.9. The average molecular weight is 391 g/mol. The van der Waals surface area contributed by atoms with Crippen LogP contribution in [-0.4, -0.2) is 60.5 Å². The van der Waals surface area contributed by atoms with Gasteiger partial charge in [0.15, 0.2) is 0 Å². The molecule has 0 radical (unpaired) electrons. The first-order chi connectivity index (χ1) is 14.2. The van der Waals surface area contributed by atoms with Crippen molar-refractivity contribution in [2.45, 2.75) is 24.7 Å². The zero-order chi connectivity index (χ0) is 20.1. The summed E-state index contributed by atoms with van der Waals surface area (Å²) in [7, 11) is 0. The van der Waals surface area contributed by atoms with Crippen molar-refractivity contribution in [3.63, 3.8) is 0 Å². The van der Waals surface area contributed by atoms with Gasteiger partial charge in [0.05, 0.1) is 35.5 Å². The van der Waals surface area contributed by atoms with Crippen LogP contribution in [0.2, 0.25) is 0 Å². The van der Waals surface area contributed by atoms with Crippen LogP contribution < -0.4 is 10.1 Å². The highest BCUT2D eigenvalue weighted by Gasteiger charge is 2.43. The predicted molar refractivity (Wildman–Crippen MR) is 107 cm³/mol. The van der Waals surface area contributed by atoms with Gasteiger partial charge < -0.3 is 19.4 Å². The molecule has 2 atom stereocenters. The summed E-state index contributed by atoms with van der Waals surface area (Å²) in [5, 5.41) is 21.8. The van der Waals surface area contributed by atoms with Crippen molar-refractivity contribution in [3.05, 3.63) is 53.9 Å². The van der Waals surface area contributed by atoms with Gasteiger partial charge in [-0.1, -0.05) is 0 Å². The molecule has 2 bridgehead atoms. The summed E-state index contributed by atoms with van der Waals surface area (Å²) in [6.07, 6.45) is 5.11. The highest BCUT2D eigenvalue weighted by molar-refractivity contribution is 5.48. The highest BCUT2D eigenvalue weighted by atomic mass is 16.5. The monoisotopic (exact) mass is 391 g/mol. The summed E-state index contributed by atoms with van der Waals surface area (Å²) >= 11 is 0. The number of rotatable bonds is 7. The number of nitriles is 2. The molecule has 2 aromatic rings. The van der Waals surface area contributed by atoms with Crippen molar-refractivity contribution >= 4 is 0 Å². The minimum absolute atomic E-state index is 0.187. The molecule has 0 amide bonds. The van der Waals surface area contributed by atoms with Crippen LogP contribution in [0.3, 0.4) is 0 Å². The maximum atomic E-state index is 9.32. The van der Waals surface area contributed by atoms with Crippen molar-refractivity contribution in [1.29, 1.82) is 10.5 Å². The second-order valence-electron chi connectivity index (χ2n) is 7.74. The molecule has 150 valence electrons. The number of benzene rings is 1. The van der Waals surface area contributed by atoms with Crippen LogP contribution in [0, 0.1) is 22.7 Å². The fraction of sp³-hybridized carbons (Fsp3) is 0.455. The molecule has 7 nitrogen and oxygen atoms in total. The van der Waals surface area contributed by atoms with Crippen LogP contribution in [-0.2, 0) is 11.3 Å². The van der Waals surface area contributed by atoms with E-state index in [4.69, 9.17) is 14.7 Å². The lowest BCUT2D eigenvalue weighted by Gasteiger charge is -2.50. The molecule has 0 aliphatic carbocycles. The Morgan fingerprint density at radius 3 is 2.86 bits per heavy atom. The number of nitrogens with one attached hydrogen (secondary N) is 1. The molecule has 2 saturated heterocycles. The fourth-order valence-corrected chi connectivity index (χ4v) is 4.19. The largest absolute Gasteiger partial charge is 0.492 e. The first kappa shape index (κ1) is 19.5. The van der Waals surface area contributed by atoms with Gasteiger partial charge in [-0.05, 0) is 30.3 Å². The number of fused-ring (bicyclic) bond motifs is 2. The van der Waals surface area contributed by atoms with E-state index in [0.717, 1.165) is 45.7 Å². The summed E-state index contributed by atoms with van der Waals surface area (Å²) in [5.74, 6) is 0.517. The van der Waals surface area contributed by atoms with Gasteiger partial charge in [0, 0.05) is 58.1 Å². The van der Waals surface area contributed by atoms with Crippen LogP contribution in [0.25, 0.3) is 0 Å². The Morgan fingerprint density at radius 1 is 1.21 bits per heavy atom. The van der Waals surface area contributed by atoms with Crippen LogP contribution in [0.4, 0.5) is 0 Å². The van der Waals surface area contributed by atoms with Crippen LogP contribution in [0.1, 0.15) is 17.5 Å². The molecular weight excluding hydrogens is 366 g/mol. The summed E-state index contributed by atoms with van der Waals surface area (Å²) in [6, 6.07) is 13.2.